The fourth-order valence-electron chi connectivity index (χ4n) is 1.28. The van der Waals surface area contributed by atoms with Gasteiger partial charge in [0.15, 0.2) is 11.5 Å². The van der Waals surface area contributed by atoms with Crippen molar-refractivity contribution in [1.82, 2.24) is 0 Å². The number of hydrogen-bond donors (Lipinski definition) is 0. The molecule has 0 radical (unpaired) electrons. The van der Waals surface area contributed by atoms with Crippen molar-refractivity contribution in [2.24, 2.45) is 0 Å². The van der Waals surface area contributed by atoms with Gasteiger partial charge in [0.2, 0.25) is 0 Å². The second-order valence-electron chi connectivity index (χ2n) is 3.41. The molecule has 0 bridgehead atoms. The zero-order chi connectivity index (χ0) is 12.7. The van der Waals surface area contributed by atoms with Crippen LogP contribution in [0.3, 0.4) is 0 Å². The molecule has 0 aliphatic rings. The van der Waals surface area contributed by atoms with Crippen molar-refractivity contribution in [2.75, 3.05) is 13.7 Å². The van der Waals surface area contributed by atoms with Crippen LogP contribution in [0, 0.1) is 0 Å². The maximum Gasteiger partial charge on any atom is 0.161 e. The molecule has 0 saturated carbocycles. The van der Waals surface area contributed by atoms with Crippen LogP contribution < -0.4 is 14.6 Å². The number of carboxylic acids is 1. The molecule has 0 aromatic heterocycles. The van der Waals surface area contributed by atoms with Crippen LogP contribution in [0.2, 0.25) is 0 Å². The number of rotatable bonds is 6. The molecule has 1 aromatic rings. The average Bonchev–Trinajstić information content (AvgIpc) is 2.34. The fraction of sp³-hybridized carbons (Fsp3) is 0.308. The Hall–Kier alpha value is -1.97. The predicted octanol–water partition coefficient (Wildman–Crippen LogP) is 1.25. The molecule has 4 heteroatoms. The van der Waals surface area contributed by atoms with Crippen molar-refractivity contribution in [1.29, 1.82) is 0 Å². The van der Waals surface area contributed by atoms with E-state index >= 15 is 0 Å². The van der Waals surface area contributed by atoms with Gasteiger partial charge in [-0.05, 0) is 30.2 Å². The second kappa shape index (κ2) is 6.58. The van der Waals surface area contributed by atoms with Gasteiger partial charge >= 0.3 is 0 Å². The van der Waals surface area contributed by atoms with Gasteiger partial charge in [0.25, 0.3) is 0 Å². The summed E-state index contributed by atoms with van der Waals surface area (Å²) in [7, 11) is 1.54. The van der Waals surface area contributed by atoms with Crippen LogP contribution in [0.15, 0.2) is 24.3 Å². The molecule has 0 aliphatic heterocycles. The molecular formula is C13H15O4-. The Labute approximate surface area is 100 Å². The van der Waals surface area contributed by atoms with E-state index < -0.39 is 5.97 Å². The lowest BCUT2D eigenvalue weighted by Gasteiger charge is -2.10. The number of benzene rings is 1. The van der Waals surface area contributed by atoms with Gasteiger partial charge in [-0.3, -0.25) is 0 Å². The van der Waals surface area contributed by atoms with Crippen LogP contribution in [0.1, 0.15) is 18.9 Å². The van der Waals surface area contributed by atoms with Gasteiger partial charge in [0, 0.05) is 0 Å². The van der Waals surface area contributed by atoms with Crippen LogP contribution >= 0.6 is 0 Å². The van der Waals surface area contributed by atoms with Crippen LogP contribution in [-0.4, -0.2) is 19.7 Å². The Morgan fingerprint density at radius 1 is 1.41 bits per heavy atom. The van der Waals surface area contributed by atoms with Crippen molar-refractivity contribution in [3.63, 3.8) is 0 Å². The molecule has 0 fully saturated rings. The molecule has 1 rings (SSSR count). The van der Waals surface area contributed by atoms with Gasteiger partial charge in [0.05, 0.1) is 19.7 Å². The summed E-state index contributed by atoms with van der Waals surface area (Å²) in [5.41, 5.74) is 0.717. The van der Waals surface area contributed by atoms with Gasteiger partial charge in [-0.2, -0.15) is 0 Å². The Morgan fingerprint density at radius 2 is 2.18 bits per heavy atom. The second-order valence-corrected chi connectivity index (χ2v) is 3.41. The van der Waals surface area contributed by atoms with E-state index in [1.165, 1.54) is 6.08 Å². The topological polar surface area (TPSA) is 58.6 Å². The van der Waals surface area contributed by atoms with Crippen LogP contribution in [0.25, 0.3) is 6.08 Å². The number of carbonyl (C=O) groups excluding carboxylic acids is 1. The highest BCUT2D eigenvalue weighted by atomic mass is 16.5. The Balaban J connectivity index is 2.87. The molecule has 0 unspecified atom stereocenters. The molecule has 17 heavy (non-hydrogen) atoms. The number of carboxylic acid groups (broad SMARTS) is 1. The SMILES string of the molecule is CCCOc1ccc(C=CC(=O)[O-])cc1OC. The normalized spacial score (nSPS) is 10.5. The fourth-order valence-corrected chi connectivity index (χ4v) is 1.28. The number of hydrogen-bond acceptors (Lipinski definition) is 4. The zero-order valence-corrected chi connectivity index (χ0v) is 9.93. The smallest absolute Gasteiger partial charge is 0.161 e. The quantitative estimate of drug-likeness (QED) is 0.696. The van der Waals surface area contributed by atoms with E-state index in [1.54, 1.807) is 25.3 Å². The molecule has 0 atom stereocenters. The van der Waals surface area contributed by atoms with E-state index in [0.717, 1.165) is 18.1 Å². The van der Waals surface area contributed by atoms with Crippen LogP contribution in [-0.2, 0) is 4.79 Å². The summed E-state index contributed by atoms with van der Waals surface area (Å²) >= 11 is 0. The molecule has 0 aliphatic carbocycles. The molecule has 1 aromatic carbocycles. The molecule has 0 spiro atoms. The summed E-state index contributed by atoms with van der Waals surface area (Å²) in [4.78, 5) is 10.3. The van der Waals surface area contributed by atoms with Crippen molar-refractivity contribution in [3.05, 3.63) is 29.8 Å². The Morgan fingerprint density at radius 3 is 2.76 bits per heavy atom. The minimum atomic E-state index is -1.23. The first-order valence-electron chi connectivity index (χ1n) is 5.37. The molecule has 0 saturated heterocycles. The zero-order valence-electron chi connectivity index (χ0n) is 9.93. The largest absolute Gasteiger partial charge is 0.545 e. The van der Waals surface area contributed by atoms with Crippen LogP contribution in [0.5, 0.6) is 11.5 Å². The maximum atomic E-state index is 10.3. The van der Waals surface area contributed by atoms with E-state index in [2.05, 4.69) is 0 Å². The molecule has 0 N–H and O–H groups in total. The van der Waals surface area contributed by atoms with Crippen molar-refractivity contribution in [3.8, 4) is 11.5 Å². The van der Waals surface area contributed by atoms with E-state index in [9.17, 15) is 9.90 Å². The molecule has 92 valence electrons. The minimum absolute atomic E-state index is 0.582. The number of aliphatic carboxylic acids is 1. The summed E-state index contributed by atoms with van der Waals surface area (Å²) < 4.78 is 10.6. The summed E-state index contributed by atoms with van der Waals surface area (Å²) in [5, 5.41) is 10.3. The number of methoxy groups -OCH3 is 1. The predicted molar refractivity (Wildman–Crippen MR) is 62.8 cm³/mol. The van der Waals surface area contributed by atoms with Gasteiger partial charge < -0.3 is 19.4 Å². The molecule has 0 heterocycles. The van der Waals surface area contributed by atoms with E-state index in [-0.39, 0.29) is 0 Å². The third-order valence-corrected chi connectivity index (χ3v) is 2.06. The van der Waals surface area contributed by atoms with Crippen molar-refractivity contribution < 1.29 is 19.4 Å². The third-order valence-electron chi connectivity index (χ3n) is 2.06. The first kappa shape index (κ1) is 13.1. The van der Waals surface area contributed by atoms with Gasteiger partial charge in [-0.15, -0.1) is 0 Å². The molecule has 0 amide bonds. The maximum absolute atomic E-state index is 10.3. The first-order valence-corrected chi connectivity index (χ1v) is 5.37. The van der Waals surface area contributed by atoms with E-state index in [1.807, 2.05) is 6.92 Å². The summed E-state index contributed by atoms with van der Waals surface area (Å²) in [6, 6.07) is 5.22. The Kier molecular flexibility index (Phi) is 5.07. The van der Waals surface area contributed by atoms with Gasteiger partial charge in [-0.25, -0.2) is 0 Å². The Bertz CT molecular complexity index is 410. The minimum Gasteiger partial charge on any atom is -0.545 e. The number of carbonyl (C=O) groups is 1. The lowest BCUT2D eigenvalue weighted by molar-refractivity contribution is -0.297. The summed E-state index contributed by atoms with van der Waals surface area (Å²) in [6.45, 7) is 2.63. The van der Waals surface area contributed by atoms with E-state index in [4.69, 9.17) is 9.47 Å². The van der Waals surface area contributed by atoms with Crippen molar-refractivity contribution in [2.45, 2.75) is 13.3 Å². The highest BCUT2D eigenvalue weighted by Crippen LogP contribution is 2.28. The average molecular weight is 235 g/mol. The van der Waals surface area contributed by atoms with Crippen LogP contribution in [0.4, 0.5) is 0 Å². The summed E-state index contributed by atoms with van der Waals surface area (Å²) in [6.07, 6.45) is 3.33. The van der Waals surface area contributed by atoms with Crippen molar-refractivity contribution >= 4 is 12.0 Å². The first-order chi connectivity index (χ1) is 8.17. The lowest BCUT2D eigenvalue weighted by atomic mass is 10.2. The summed E-state index contributed by atoms with van der Waals surface area (Å²) in [5.74, 6) is 0.00849. The molecular weight excluding hydrogens is 220 g/mol. The lowest BCUT2D eigenvalue weighted by Crippen LogP contribution is -2.18. The standard InChI is InChI=1S/C13H16O4/c1-3-8-17-11-6-4-10(5-7-13(14)15)9-12(11)16-2/h4-7,9H,3,8H2,1-2H3,(H,14,15)/p-1. The van der Waals surface area contributed by atoms with E-state index in [0.29, 0.717) is 18.1 Å². The highest BCUT2D eigenvalue weighted by molar-refractivity contribution is 5.83. The van der Waals surface area contributed by atoms with Gasteiger partial charge in [-0.1, -0.05) is 19.1 Å². The third kappa shape index (κ3) is 4.18. The highest BCUT2D eigenvalue weighted by Gasteiger charge is 2.03. The monoisotopic (exact) mass is 235 g/mol. The number of ether oxygens (including phenoxy) is 2. The molecule has 4 nitrogen and oxygen atoms in total. The van der Waals surface area contributed by atoms with Gasteiger partial charge in [0.1, 0.15) is 0 Å².